The van der Waals surface area contributed by atoms with E-state index in [9.17, 15) is 0 Å². The Morgan fingerprint density at radius 2 is 1.56 bits per heavy atom. The Labute approximate surface area is 112 Å². The normalized spacial score (nSPS) is 12.2. The third kappa shape index (κ3) is 4.09. The van der Waals surface area contributed by atoms with Crippen LogP contribution in [0.2, 0.25) is 0 Å². The molecule has 0 amide bonds. The molecule has 0 N–H and O–H groups in total. The summed E-state index contributed by atoms with van der Waals surface area (Å²) in [5, 5.41) is 1.19. The van der Waals surface area contributed by atoms with Gasteiger partial charge in [-0.25, -0.2) is 0 Å². The smallest absolute Gasteiger partial charge is 0.388 e. The van der Waals surface area contributed by atoms with Crippen molar-refractivity contribution in [3.63, 3.8) is 0 Å². The van der Waals surface area contributed by atoms with E-state index < -0.39 is 8.56 Å². The van der Waals surface area contributed by atoms with Crippen molar-refractivity contribution in [1.82, 2.24) is 0 Å². The van der Waals surface area contributed by atoms with Gasteiger partial charge in [0.25, 0.3) is 0 Å². The molecule has 0 aliphatic rings. The van der Waals surface area contributed by atoms with E-state index in [0.717, 1.165) is 26.1 Å². The van der Waals surface area contributed by atoms with Gasteiger partial charge < -0.3 is 8.85 Å². The molecule has 0 saturated heterocycles. The van der Waals surface area contributed by atoms with Crippen LogP contribution < -0.4 is 5.19 Å². The first-order chi connectivity index (χ1) is 8.79. The average molecular weight is 264 g/mol. The van der Waals surface area contributed by atoms with Gasteiger partial charge in [-0.15, -0.1) is 0 Å². The van der Waals surface area contributed by atoms with Gasteiger partial charge in [0, 0.05) is 13.2 Å². The lowest BCUT2D eigenvalue weighted by molar-refractivity contribution is 0.190. The lowest BCUT2D eigenvalue weighted by Crippen LogP contribution is -2.53. The molecule has 0 atom stereocenters. The fourth-order valence-electron chi connectivity index (χ4n) is 1.80. The first-order valence-corrected chi connectivity index (χ1v) is 8.65. The molecule has 0 bridgehead atoms. The Morgan fingerprint density at radius 3 is 2.00 bits per heavy atom. The maximum atomic E-state index is 6.14. The van der Waals surface area contributed by atoms with Crippen LogP contribution in [0.1, 0.15) is 33.6 Å². The van der Waals surface area contributed by atoms with Crippen LogP contribution in [0.25, 0.3) is 0 Å². The number of hydrogen-bond donors (Lipinski definition) is 0. The van der Waals surface area contributed by atoms with E-state index in [1.165, 1.54) is 5.19 Å². The van der Waals surface area contributed by atoms with E-state index >= 15 is 0 Å². The topological polar surface area (TPSA) is 18.5 Å². The molecule has 1 aromatic carbocycles. The van der Waals surface area contributed by atoms with Gasteiger partial charge >= 0.3 is 8.56 Å². The highest BCUT2D eigenvalue weighted by Crippen LogP contribution is 2.12. The average Bonchev–Trinajstić information content (AvgIpc) is 2.43. The van der Waals surface area contributed by atoms with E-state index in [0.29, 0.717) is 0 Å². The van der Waals surface area contributed by atoms with Gasteiger partial charge in [0.2, 0.25) is 0 Å². The highest BCUT2D eigenvalue weighted by atomic mass is 28.4. The van der Waals surface area contributed by atoms with Crippen LogP contribution in [0, 0.1) is 0 Å². The van der Waals surface area contributed by atoms with E-state index in [-0.39, 0.29) is 0 Å². The van der Waals surface area contributed by atoms with E-state index in [1.54, 1.807) is 0 Å². The number of benzene rings is 1. The van der Waals surface area contributed by atoms with E-state index in [4.69, 9.17) is 8.85 Å². The van der Waals surface area contributed by atoms with Crippen LogP contribution in [0.5, 0.6) is 0 Å². The van der Waals surface area contributed by atoms with Crippen molar-refractivity contribution in [3.05, 3.63) is 42.1 Å². The molecular formula is C15H24O2Si. The van der Waals surface area contributed by atoms with Crippen LogP contribution in [-0.4, -0.2) is 21.8 Å². The van der Waals surface area contributed by atoms with Gasteiger partial charge in [-0.3, -0.25) is 0 Å². The SMILES string of the molecule is CC=C[Si](OCCC)(OCCC)c1ccccc1. The van der Waals surface area contributed by atoms with Gasteiger partial charge in [-0.1, -0.05) is 50.3 Å². The maximum Gasteiger partial charge on any atom is 0.399 e. The second kappa shape index (κ2) is 8.24. The summed E-state index contributed by atoms with van der Waals surface area (Å²) >= 11 is 0. The summed E-state index contributed by atoms with van der Waals surface area (Å²) in [5.41, 5.74) is 2.13. The predicted molar refractivity (Wildman–Crippen MR) is 79.1 cm³/mol. The number of allylic oxidation sites excluding steroid dienone is 1. The van der Waals surface area contributed by atoms with Gasteiger partial charge in [0.05, 0.1) is 0 Å². The molecule has 3 heteroatoms. The maximum absolute atomic E-state index is 6.14. The summed E-state index contributed by atoms with van der Waals surface area (Å²) in [7, 11) is -2.39. The first-order valence-electron chi connectivity index (χ1n) is 6.76. The fourth-order valence-corrected chi connectivity index (χ4v) is 4.71. The Kier molecular flexibility index (Phi) is 6.94. The second-order valence-corrected chi connectivity index (χ2v) is 7.05. The van der Waals surface area contributed by atoms with Crippen LogP contribution in [0.15, 0.2) is 42.1 Å². The molecule has 0 radical (unpaired) electrons. The second-order valence-electron chi connectivity index (χ2n) is 4.23. The Hall–Kier alpha value is -0.903. The number of hydrogen-bond acceptors (Lipinski definition) is 2. The summed E-state index contributed by atoms with van der Waals surface area (Å²) in [4.78, 5) is 0. The Bertz CT molecular complexity index is 341. The summed E-state index contributed by atoms with van der Waals surface area (Å²) in [6, 6.07) is 10.3. The molecule has 100 valence electrons. The Morgan fingerprint density at radius 1 is 1.00 bits per heavy atom. The third-order valence-electron chi connectivity index (χ3n) is 2.60. The summed E-state index contributed by atoms with van der Waals surface area (Å²) in [6.45, 7) is 7.76. The fraction of sp³-hybridized carbons (Fsp3) is 0.467. The van der Waals surface area contributed by atoms with Gasteiger partial charge in [0.15, 0.2) is 0 Å². The predicted octanol–water partition coefficient (Wildman–Crippen LogP) is 3.30. The molecule has 0 saturated carbocycles. The van der Waals surface area contributed by atoms with Crippen molar-refractivity contribution in [3.8, 4) is 0 Å². The van der Waals surface area contributed by atoms with Gasteiger partial charge in [-0.05, 0) is 30.7 Å². The molecule has 0 heterocycles. The molecular weight excluding hydrogens is 240 g/mol. The molecule has 0 fully saturated rings. The number of rotatable bonds is 8. The van der Waals surface area contributed by atoms with Crippen molar-refractivity contribution >= 4 is 13.7 Å². The molecule has 1 aromatic rings. The van der Waals surface area contributed by atoms with Gasteiger partial charge in [0.1, 0.15) is 0 Å². The zero-order chi connectivity index (χ0) is 13.3. The van der Waals surface area contributed by atoms with Crippen LogP contribution in [0.4, 0.5) is 0 Å². The zero-order valence-corrected chi connectivity index (χ0v) is 12.7. The minimum Gasteiger partial charge on any atom is -0.388 e. The van der Waals surface area contributed by atoms with Crippen molar-refractivity contribution in [2.24, 2.45) is 0 Å². The minimum absolute atomic E-state index is 0.745. The van der Waals surface area contributed by atoms with Crippen molar-refractivity contribution in [1.29, 1.82) is 0 Å². The molecule has 0 aliphatic heterocycles. The quantitative estimate of drug-likeness (QED) is 0.671. The van der Waals surface area contributed by atoms with Gasteiger partial charge in [-0.2, -0.15) is 0 Å². The van der Waals surface area contributed by atoms with Crippen LogP contribution in [0.3, 0.4) is 0 Å². The largest absolute Gasteiger partial charge is 0.399 e. The van der Waals surface area contributed by atoms with Crippen LogP contribution in [-0.2, 0) is 8.85 Å². The minimum atomic E-state index is -2.39. The van der Waals surface area contributed by atoms with Crippen molar-refractivity contribution in [2.45, 2.75) is 33.6 Å². The molecule has 1 rings (SSSR count). The van der Waals surface area contributed by atoms with Crippen molar-refractivity contribution < 1.29 is 8.85 Å². The van der Waals surface area contributed by atoms with E-state index in [2.05, 4.69) is 31.7 Å². The standard InChI is InChI=1S/C15H24O2Si/c1-4-12-16-18(14-6-3,17-13-5-2)15-10-8-7-9-11-15/h6-11,14H,4-5,12-13H2,1-3H3. The lowest BCUT2D eigenvalue weighted by Gasteiger charge is -2.28. The monoisotopic (exact) mass is 264 g/mol. The molecule has 2 nitrogen and oxygen atoms in total. The third-order valence-corrected chi connectivity index (χ3v) is 5.78. The molecule has 18 heavy (non-hydrogen) atoms. The Balaban J connectivity index is 3.02. The molecule has 0 aliphatic carbocycles. The summed E-state index contributed by atoms with van der Waals surface area (Å²) in [5.74, 6) is 0. The van der Waals surface area contributed by atoms with Crippen LogP contribution >= 0.6 is 0 Å². The first kappa shape index (κ1) is 15.2. The molecule has 0 spiro atoms. The highest BCUT2D eigenvalue weighted by Gasteiger charge is 2.36. The highest BCUT2D eigenvalue weighted by molar-refractivity contribution is 6.85. The summed E-state index contributed by atoms with van der Waals surface area (Å²) in [6.07, 6.45) is 4.06. The van der Waals surface area contributed by atoms with Crippen molar-refractivity contribution in [2.75, 3.05) is 13.2 Å². The summed E-state index contributed by atoms with van der Waals surface area (Å²) < 4.78 is 12.3. The molecule has 0 unspecified atom stereocenters. The zero-order valence-electron chi connectivity index (χ0n) is 11.7. The van der Waals surface area contributed by atoms with E-state index in [1.807, 2.05) is 31.2 Å². The molecule has 0 aromatic heterocycles. The lowest BCUT2D eigenvalue weighted by atomic mass is 10.4.